The second-order valence-corrected chi connectivity index (χ2v) is 9.29. The molecule has 0 N–H and O–H groups in total. The molecule has 31 heavy (non-hydrogen) atoms. The molecule has 0 radical (unpaired) electrons. The number of pyridine rings is 1. The zero-order valence-corrected chi connectivity index (χ0v) is 18.7. The van der Waals surface area contributed by atoms with Crippen LogP contribution in [0.3, 0.4) is 0 Å². The number of benzene rings is 2. The van der Waals surface area contributed by atoms with Gasteiger partial charge < -0.3 is 14.4 Å². The summed E-state index contributed by atoms with van der Waals surface area (Å²) in [5, 5.41) is 1.16. The molecule has 1 aliphatic carbocycles. The van der Waals surface area contributed by atoms with E-state index < -0.39 is 0 Å². The Balaban J connectivity index is 0.000000158. The first kappa shape index (κ1) is 21.2. The third-order valence-electron chi connectivity index (χ3n) is 5.64. The lowest BCUT2D eigenvalue weighted by molar-refractivity contribution is 0.0274. The number of para-hydroxylation sites is 1. The van der Waals surface area contributed by atoms with E-state index >= 15 is 0 Å². The van der Waals surface area contributed by atoms with Gasteiger partial charge in [0.25, 0.3) is 0 Å². The van der Waals surface area contributed by atoms with E-state index in [4.69, 9.17) is 9.47 Å². The van der Waals surface area contributed by atoms with Gasteiger partial charge in [0.05, 0.1) is 12.6 Å². The Hall–Kier alpha value is -3.08. The summed E-state index contributed by atoms with van der Waals surface area (Å²) in [4.78, 5) is 17.8. The standard InChI is InChI=1S/C16H13NO.C10H17NO2/c1-18-15-8-6-12(7-9-15)14-10-13-4-2-3-5-16(13)17-11-14;1-10(2,3)13-9(12)11-5-7-4-8(7)6-11/h2-11H,1H3;7-8H,4-6H2,1-3H3. The van der Waals surface area contributed by atoms with Gasteiger partial charge >= 0.3 is 6.09 Å². The Labute approximate surface area is 184 Å². The molecule has 2 aromatic carbocycles. The van der Waals surface area contributed by atoms with Crippen molar-refractivity contribution in [2.45, 2.75) is 32.8 Å². The molecule has 3 aromatic rings. The smallest absolute Gasteiger partial charge is 0.410 e. The van der Waals surface area contributed by atoms with Gasteiger partial charge in [0.15, 0.2) is 0 Å². The number of carbonyl (C=O) groups excluding carboxylic acids is 1. The van der Waals surface area contributed by atoms with Crippen molar-refractivity contribution in [2.75, 3.05) is 20.2 Å². The van der Waals surface area contributed by atoms with Crippen molar-refractivity contribution in [1.82, 2.24) is 9.88 Å². The van der Waals surface area contributed by atoms with Gasteiger partial charge in [0, 0.05) is 30.2 Å². The predicted octanol–water partition coefficient (Wildman–Crippen LogP) is 5.78. The maximum absolute atomic E-state index is 11.5. The lowest BCUT2D eigenvalue weighted by Gasteiger charge is -2.25. The molecule has 0 bridgehead atoms. The Morgan fingerprint density at radius 3 is 2.32 bits per heavy atom. The molecular weight excluding hydrogens is 388 g/mol. The molecule has 1 aromatic heterocycles. The quantitative estimate of drug-likeness (QED) is 0.529. The summed E-state index contributed by atoms with van der Waals surface area (Å²) in [6.07, 6.45) is 3.09. The number of aromatic nitrogens is 1. The van der Waals surface area contributed by atoms with Crippen LogP contribution in [0.1, 0.15) is 27.2 Å². The van der Waals surface area contributed by atoms with Crippen LogP contribution in [0.25, 0.3) is 22.0 Å². The highest BCUT2D eigenvalue weighted by Gasteiger charge is 2.47. The molecule has 5 heteroatoms. The molecule has 5 nitrogen and oxygen atoms in total. The number of hydrogen-bond donors (Lipinski definition) is 0. The highest BCUT2D eigenvalue weighted by atomic mass is 16.6. The van der Waals surface area contributed by atoms with E-state index in [0.29, 0.717) is 0 Å². The number of carbonyl (C=O) groups is 1. The molecule has 162 valence electrons. The fourth-order valence-corrected chi connectivity index (χ4v) is 3.89. The Morgan fingerprint density at radius 2 is 1.68 bits per heavy atom. The van der Waals surface area contributed by atoms with Gasteiger partial charge in [-0.25, -0.2) is 4.79 Å². The Bertz CT molecular complexity index is 1050. The topological polar surface area (TPSA) is 51.7 Å². The Kier molecular flexibility index (Phi) is 5.86. The largest absolute Gasteiger partial charge is 0.497 e. The van der Waals surface area contributed by atoms with E-state index in [9.17, 15) is 4.79 Å². The first-order valence-electron chi connectivity index (χ1n) is 10.8. The molecule has 0 spiro atoms. The van der Waals surface area contributed by atoms with Gasteiger partial charge in [-0.15, -0.1) is 0 Å². The minimum atomic E-state index is -0.357. The van der Waals surface area contributed by atoms with Gasteiger partial charge in [-0.05, 0) is 68.9 Å². The summed E-state index contributed by atoms with van der Waals surface area (Å²) in [6.45, 7) is 7.55. The molecule has 2 fully saturated rings. The number of piperidine rings is 1. The van der Waals surface area contributed by atoms with Crippen LogP contribution in [0.5, 0.6) is 5.75 Å². The summed E-state index contributed by atoms with van der Waals surface area (Å²) in [6, 6.07) is 18.3. The van der Waals surface area contributed by atoms with Crippen LogP contribution >= 0.6 is 0 Å². The summed E-state index contributed by atoms with van der Waals surface area (Å²) >= 11 is 0. The number of ether oxygens (including phenoxy) is 2. The summed E-state index contributed by atoms with van der Waals surface area (Å²) in [7, 11) is 1.67. The van der Waals surface area contributed by atoms with Crippen LogP contribution in [-0.4, -0.2) is 41.8 Å². The molecule has 1 aliphatic heterocycles. The SMILES string of the molecule is CC(C)(C)OC(=O)N1CC2CC2C1.COc1ccc(-c2cnc3ccccc3c2)cc1. The number of hydrogen-bond acceptors (Lipinski definition) is 4. The van der Waals surface area contributed by atoms with Crippen LogP contribution in [-0.2, 0) is 4.74 Å². The molecule has 2 atom stereocenters. The molecule has 2 heterocycles. The predicted molar refractivity (Wildman–Crippen MR) is 123 cm³/mol. The van der Waals surface area contributed by atoms with E-state index in [2.05, 4.69) is 17.1 Å². The van der Waals surface area contributed by atoms with Crippen molar-refractivity contribution in [3.8, 4) is 16.9 Å². The van der Waals surface area contributed by atoms with Gasteiger partial charge in [-0.3, -0.25) is 4.98 Å². The van der Waals surface area contributed by atoms with Crippen LogP contribution in [0.2, 0.25) is 0 Å². The van der Waals surface area contributed by atoms with Crippen molar-refractivity contribution in [3.05, 3.63) is 60.8 Å². The van der Waals surface area contributed by atoms with Gasteiger partial charge in [0.1, 0.15) is 11.4 Å². The molecule has 5 rings (SSSR count). The zero-order chi connectivity index (χ0) is 22.0. The van der Waals surface area contributed by atoms with Crippen LogP contribution in [0.15, 0.2) is 60.8 Å². The molecule has 2 aliphatic rings. The van der Waals surface area contributed by atoms with Crippen molar-refractivity contribution in [1.29, 1.82) is 0 Å². The van der Waals surface area contributed by atoms with E-state index in [1.807, 2.05) is 74.3 Å². The number of rotatable bonds is 2. The molecule has 1 saturated heterocycles. The van der Waals surface area contributed by atoms with E-state index in [-0.39, 0.29) is 11.7 Å². The third-order valence-corrected chi connectivity index (χ3v) is 5.64. The minimum Gasteiger partial charge on any atom is -0.497 e. The van der Waals surface area contributed by atoms with E-state index in [0.717, 1.165) is 52.7 Å². The number of methoxy groups -OCH3 is 1. The zero-order valence-electron chi connectivity index (χ0n) is 18.7. The average molecular weight is 419 g/mol. The molecule has 2 unspecified atom stereocenters. The third kappa shape index (κ3) is 5.35. The number of likely N-dealkylation sites (tertiary alicyclic amines) is 1. The maximum Gasteiger partial charge on any atom is 0.410 e. The maximum atomic E-state index is 11.5. The van der Waals surface area contributed by atoms with Crippen LogP contribution < -0.4 is 4.74 Å². The highest BCUT2D eigenvalue weighted by Crippen LogP contribution is 2.45. The van der Waals surface area contributed by atoms with Crippen molar-refractivity contribution in [2.24, 2.45) is 11.8 Å². The molecular formula is C26H30N2O3. The van der Waals surface area contributed by atoms with Crippen molar-refractivity contribution in [3.63, 3.8) is 0 Å². The second-order valence-electron chi connectivity index (χ2n) is 9.29. The van der Waals surface area contributed by atoms with E-state index in [1.165, 1.54) is 6.42 Å². The molecule has 1 amide bonds. The average Bonchev–Trinajstić information content (AvgIpc) is 3.37. The van der Waals surface area contributed by atoms with Gasteiger partial charge in [0.2, 0.25) is 0 Å². The first-order valence-corrected chi connectivity index (χ1v) is 10.8. The fourth-order valence-electron chi connectivity index (χ4n) is 3.89. The monoisotopic (exact) mass is 418 g/mol. The highest BCUT2D eigenvalue weighted by molar-refractivity contribution is 5.83. The number of fused-ring (bicyclic) bond motifs is 2. The minimum absolute atomic E-state index is 0.139. The summed E-state index contributed by atoms with van der Waals surface area (Å²) < 4.78 is 10.4. The number of nitrogens with zero attached hydrogens (tertiary/aromatic N) is 2. The normalized spacial score (nSPS) is 19.3. The lowest BCUT2D eigenvalue weighted by Crippen LogP contribution is -2.36. The van der Waals surface area contributed by atoms with Gasteiger partial charge in [-0.2, -0.15) is 0 Å². The Morgan fingerprint density at radius 1 is 1.00 bits per heavy atom. The fraction of sp³-hybridized carbons (Fsp3) is 0.385. The summed E-state index contributed by atoms with van der Waals surface area (Å²) in [5.74, 6) is 2.44. The van der Waals surface area contributed by atoms with E-state index in [1.54, 1.807) is 7.11 Å². The van der Waals surface area contributed by atoms with Gasteiger partial charge in [-0.1, -0.05) is 30.3 Å². The lowest BCUT2D eigenvalue weighted by atomic mass is 10.1. The van der Waals surface area contributed by atoms with Crippen LogP contribution in [0.4, 0.5) is 4.79 Å². The van der Waals surface area contributed by atoms with Crippen molar-refractivity contribution >= 4 is 17.0 Å². The second kappa shape index (κ2) is 8.58. The first-order chi connectivity index (χ1) is 14.8. The van der Waals surface area contributed by atoms with Crippen LogP contribution in [0, 0.1) is 11.8 Å². The van der Waals surface area contributed by atoms with Crippen molar-refractivity contribution < 1.29 is 14.3 Å². The summed E-state index contributed by atoms with van der Waals surface area (Å²) in [5.41, 5.74) is 2.93. The molecule has 1 saturated carbocycles. The number of amides is 1.